The van der Waals surface area contributed by atoms with Gasteiger partial charge in [0.25, 0.3) is 0 Å². The van der Waals surface area contributed by atoms with Gasteiger partial charge in [0.2, 0.25) is 5.91 Å². The van der Waals surface area contributed by atoms with Gasteiger partial charge in [-0.1, -0.05) is 6.42 Å². The summed E-state index contributed by atoms with van der Waals surface area (Å²) in [5.41, 5.74) is 0.838. The lowest BCUT2D eigenvalue weighted by Gasteiger charge is -2.24. The highest BCUT2D eigenvalue weighted by molar-refractivity contribution is 5.92. The molecule has 2 fully saturated rings. The molecular weight excluding hydrogens is 228 g/mol. The van der Waals surface area contributed by atoms with Gasteiger partial charge in [-0.2, -0.15) is 5.10 Å². The van der Waals surface area contributed by atoms with Gasteiger partial charge in [0.15, 0.2) is 0 Å². The van der Waals surface area contributed by atoms with Crippen LogP contribution in [0.2, 0.25) is 0 Å². The summed E-state index contributed by atoms with van der Waals surface area (Å²) < 4.78 is 2.00. The summed E-state index contributed by atoms with van der Waals surface area (Å²) in [7, 11) is 0. The number of carbonyl (C=O) groups is 1. The molecule has 1 aliphatic carbocycles. The number of carbonyl (C=O) groups excluding carboxylic acids is 1. The summed E-state index contributed by atoms with van der Waals surface area (Å²) in [6.07, 6.45) is 9.20. The Hall–Kier alpha value is -1.36. The van der Waals surface area contributed by atoms with Crippen LogP contribution in [0, 0.1) is 5.92 Å². The molecule has 5 heteroatoms. The van der Waals surface area contributed by atoms with Gasteiger partial charge in [-0.05, 0) is 38.8 Å². The molecule has 1 saturated heterocycles. The van der Waals surface area contributed by atoms with Gasteiger partial charge in [-0.3, -0.25) is 9.48 Å². The molecule has 5 nitrogen and oxygen atoms in total. The van der Waals surface area contributed by atoms with Gasteiger partial charge >= 0.3 is 0 Å². The average molecular weight is 248 g/mol. The predicted octanol–water partition coefficient (Wildman–Crippen LogP) is 1.55. The lowest BCUT2D eigenvalue weighted by molar-refractivity contribution is -0.122. The van der Waals surface area contributed by atoms with E-state index in [1.54, 1.807) is 6.20 Å². The van der Waals surface area contributed by atoms with Gasteiger partial charge < -0.3 is 10.6 Å². The predicted molar refractivity (Wildman–Crippen MR) is 69.3 cm³/mol. The van der Waals surface area contributed by atoms with Crippen LogP contribution in [-0.2, 0) is 4.79 Å². The van der Waals surface area contributed by atoms with E-state index in [0.717, 1.165) is 44.5 Å². The fourth-order valence-corrected chi connectivity index (χ4v) is 2.59. The van der Waals surface area contributed by atoms with Gasteiger partial charge in [0.05, 0.1) is 17.9 Å². The molecule has 98 valence electrons. The molecular formula is C13H20N4O. The van der Waals surface area contributed by atoms with Crippen LogP contribution in [0.25, 0.3) is 0 Å². The zero-order chi connectivity index (χ0) is 12.4. The van der Waals surface area contributed by atoms with E-state index in [-0.39, 0.29) is 11.8 Å². The monoisotopic (exact) mass is 248 g/mol. The summed E-state index contributed by atoms with van der Waals surface area (Å²) in [5.74, 6) is 0.387. The normalized spacial score (nSPS) is 21.6. The van der Waals surface area contributed by atoms with Crippen molar-refractivity contribution in [2.24, 2.45) is 5.92 Å². The van der Waals surface area contributed by atoms with Crippen LogP contribution in [0.15, 0.2) is 12.4 Å². The second-order valence-corrected chi connectivity index (χ2v) is 5.31. The van der Waals surface area contributed by atoms with Gasteiger partial charge in [0.1, 0.15) is 0 Å². The molecule has 2 heterocycles. The Labute approximate surface area is 107 Å². The number of rotatable bonds is 3. The Bertz CT molecular complexity index is 418. The summed E-state index contributed by atoms with van der Waals surface area (Å²) in [4.78, 5) is 11.8. The number of nitrogens with zero attached hydrogens (tertiary/aromatic N) is 2. The van der Waals surface area contributed by atoms with Crippen LogP contribution < -0.4 is 10.6 Å². The van der Waals surface area contributed by atoms with Crippen molar-refractivity contribution in [3.05, 3.63) is 12.4 Å². The van der Waals surface area contributed by atoms with Crippen LogP contribution in [0.1, 0.15) is 38.1 Å². The van der Waals surface area contributed by atoms with Crippen molar-refractivity contribution >= 4 is 11.6 Å². The maximum absolute atomic E-state index is 11.8. The highest BCUT2D eigenvalue weighted by atomic mass is 16.1. The molecule has 18 heavy (non-hydrogen) atoms. The van der Waals surface area contributed by atoms with Crippen LogP contribution in [0.5, 0.6) is 0 Å². The molecule has 1 aromatic heterocycles. The molecule has 0 radical (unpaired) electrons. The second kappa shape index (κ2) is 5.10. The summed E-state index contributed by atoms with van der Waals surface area (Å²) in [6, 6.07) is 0.473. The van der Waals surface area contributed by atoms with Crippen molar-refractivity contribution in [3.8, 4) is 0 Å². The quantitative estimate of drug-likeness (QED) is 0.853. The molecule has 1 saturated carbocycles. The van der Waals surface area contributed by atoms with Crippen LogP contribution in [0.3, 0.4) is 0 Å². The first-order chi connectivity index (χ1) is 8.83. The van der Waals surface area contributed by atoms with E-state index in [1.165, 1.54) is 6.42 Å². The fraction of sp³-hybridized carbons (Fsp3) is 0.692. The minimum atomic E-state index is 0.158. The summed E-state index contributed by atoms with van der Waals surface area (Å²) in [5, 5.41) is 10.7. The smallest absolute Gasteiger partial charge is 0.227 e. The number of aromatic nitrogens is 2. The molecule has 2 aliphatic rings. The van der Waals surface area contributed by atoms with E-state index in [0.29, 0.717) is 6.04 Å². The highest BCUT2D eigenvalue weighted by Gasteiger charge is 2.25. The van der Waals surface area contributed by atoms with E-state index in [2.05, 4.69) is 15.7 Å². The number of piperidine rings is 1. The first-order valence-electron chi connectivity index (χ1n) is 6.88. The third-order valence-electron chi connectivity index (χ3n) is 4.03. The van der Waals surface area contributed by atoms with Crippen molar-refractivity contribution in [1.82, 2.24) is 15.1 Å². The van der Waals surface area contributed by atoms with E-state index in [9.17, 15) is 4.79 Å². The Kier molecular flexibility index (Phi) is 3.32. The van der Waals surface area contributed by atoms with E-state index in [4.69, 9.17) is 0 Å². The fourth-order valence-electron chi connectivity index (χ4n) is 2.59. The maximum atomic E-state index is 11.8. The minimum Gasteiger partial charge on any atom is -0.323 e. The Morgan fingerprint density at radius 1 is 1.33 bits per heavy atom. The molecule has 0 aromatic carbocycles. The summed E-state index contributed by atoms with van der Waals surface area (Å²) in [6.45, 7) is 2.10. The molecule has 0 atom stereocenters. The van der Waals surface area contributed by atoms with Crippen molar-refractivity contribution in [2.45, 2.75) is 38.1 Å². The second-order valence-electron chi connectivity index (χ2n) is 5.31. The largest absolute Gasteiger partial charge is 0.323 e. The number of hydrogen-bond donors (Lipinski definition) is 2. The maximum Gasteiger partial charge on any atom is 0.227 e. The van der Waals surface area contributed by atoms with Crippen LogP contribution in [0.4, 0.5) is 5.69 Å². The average Bonchev–Trinajstić information content (AvgIpc) is 2.76. The van der Waals surface area contributed by atoms with Crippen molar-refractivity contribution in [1.29, 1.82) is 0 Å². The standard InChI is InChI=1S/C13H20N4O/c18-13(10-2-1-3-10)16-11-8-15-17(9-11)12-4-6-14-7-5-12/h8-10,12,14H,1-7H2,(H,16,18). The molecule has 0 unspecified atom stereocenters. The molecule has 1 amide bonds. The number of hydrogen-bond acceptors (Lipinski definition) is 3. The topological polar surface area (TPSA) is 59.0 Å². The number of anilines is 1. The van der Waals surface area contributed by atoms with Crippen molar-refractivity contribution < 1.29 is 4.79 Å². The Balaban J connectivity index is 1.60. The van der Waals surface area contributed by atoms with Gasteiger partial charge in [0, 0.05) is 12.1 Å². The number of nitrogens with one attached hydrogen (secondary N) is 2. The molecule has 3 rings (SSSR count). The number of amides is 1. The first kappa shape index (κ1) is 11.7. The van der Waals surface area contributed by atoms with Gasteiger partial charge in [-0.25, -0.2) is 0 Å². The molecule has 0 spiro atoms. The molecule has 2 N–H and O–H groups in total. The summed E-state index contributed by atoms with van der Waals surface area (Å²) >= 11 is 0. The first-order valence-corrected chi connectivity index (χ1v) is 6.88. The Morgan fingerprint density at radius 3 is 2.78 bits per heavy atom. The third-order valence-corrected chi connectivity index (χ3v) is 4.03. The zero-order valence-corrected chi connectivity index (χ0v) is 10.6. The van der Waals surface area contributed by atoms with Crippen LogP contribution in [-0.4, -0.2) is 28.8 Å². The molecule has 1 aliphatic heterocycles. The van der Waals surface area contributed by atoms with Crippen LogP contribution >= 0.6 is 0 Å². The Morgan fingerprint density at radius 2 is 2.11 bits per heavy atom. The third kappa shape index (κ3) is 2.41. The SMILES string of the molecule is O=C(Nc1cnn(C2CCNCC2)c1)C1CCC1. The van der Waals surface area contributed by atoms with E-state index in [1.807, 2.05) is 10.9 Å². The minimum absolute atomic E-state index is 0.158. The lowest BCUT2D eigenvalue weighted by Crippen LogP contribution is -2.29. The zero-order valence-electron chi connectivity index (χ0n) is 10.6. The molecule has 0 bridgehead atoms. The highest BCUT2D eigenvalue weighted by Crippen LogP contribution is 2.27. The molecule has 1 aromatic rings. The van der Waals surface area contributed by atoms with Crippen molar-refractivity contribution in [3.63, 3.8) is 0 Å². The van der Waals surface area contributed by atoms with E-state index < -0.39 is 0 Å². The van der Waals surface area contributed by atoms with E-state index >= 15 is 0 Å². The lowest BCUT2D eigenvalue weighted by atomic mass is 9.85. The van der Waals surface area contributed by atoms with Gasteiger partial charge in [-0.15, -0.1) is 0 Å². The van der Waals surface area contributed by atoms with Crippen molar-refractivity contribution in [2.75, 3.05) is 18.4 Å².